The summed E-state index contributed by atoms with van der Waals surface area (Å²) in [6.45, 7) is 2.77. The van der Waals surface area contributed by atoms with E-state index in [1.807, 2.05) is 31.2 Å². The summed E-state index contributed by atoms with van der Waals surface area (Å²) in [7, 11) is -3.82. The highest BCUT2D eigenvalue weighted by atomic mass is 32.2. The summed E-state index contributed by atoms with van der Waals surface area (Å²) in [6.07, 6.45) is 0. The average molecular weight is 376 g/mol. The molecule has 0 radical (unpaired) electrons. The fourth-order valence-electron chi connectivity index (χ4n) is 2.40. The summed E-state index contributed by atoms with van der Waals surface area (Å²) in [5.74, 6) is 0.473. The van der Waals surface area contributed by atoms with Crippen molar-refractivity contribution in [3.05, 3.63) is 53.6 Å². The molecule has 1 amide bonds. The van der Waals surface area contributed by atoms with Gasteiger partial charge in [-0.3, -0.25) is 4.79 Å². The van der Waals surface area contributed by atoms with Crippen LogP contribution in [0.3, 0.4) is 0 Å². The number of hydrogen-bond donors (Lipinski definition) is 2. The second-order valence-electron chi connectivity index (χ2n) is 5.89. The SMILES string of the molecule is Cc1ccc(CNC(=O)CNS(=O)(=O)c2ccc3c(c2)OCCO3)cc1. The van der Waals surface area contributed by atoms with E-state index in [1.54, 1.807) is 6.07 Å². The van der Waals surface area contributed by atoms with E-state index in [9.17, 15) is 13.2 Å². The van der Waals surface area contributed by atoms with Crippen LogP contribution in [-0.2, 0) is 21.4 Å². The van der Waals surface area contributed by atoms with Gasteiger partial charge < -0.3 is 14.8 Å². The Balaban J connectivity index is 1.56. The Morgan fingerprint density at radius 3 is 2.46 bits per heavy atom. The predicted molar refractivity (Wildman–Crippen MR) is 95.6 cm³/mol. The number of carbonyl (C=O) groups is 1. The maximum atomic E-state index is 12.3. The van der Waals surface area contributed by atoms with E-state index >= 15 is 0 Å². The van der Waals surface area contributed by atoms with Crippen molar-refractivity contribution in [3.63, 3.8) is 0 Å². The zero-order valence-electron chi connectivity index (χ0n) is 14.3. The van der Waals surface area contributed by atoms with Crippen LogP contribution in [0.1, 0.15) is 11.1 Å². The maximum Gasteiger partial charge on any atom is 0.241 e. The second-order valence-corrected chi connectivity index (χ2v) is 7.66. The first-order valence-corrected chi connectivity index (χ1v) is 9.64. The average Bonchev–Trinajstić information content (AvgIpc) is 2.65. The van der Waals surface area contributed by atoms with Crippen molar-refractivity contribution in [2.24, 2.45) is 0 Å². The van der Waals surface area contributed by atoms with Gasteiger partial charge in [-0.15, -0.1) is 0 Å². The first-order chi connectivity index (χ1) is 12.4. The molecule has 1 heterocycles. The molecule has 0 fully saturated rings. The molecule has 2 aromatic carbocycles. The van der Waals surface area contributed by atoms with Gasteiger partial charge in [-0.25, -0.2) is 13.1 Å². The fraction of sp³-hybridized carbons (Fsp3) is 0.278. The van der Waals surface area contributed by atoms with E-state index in [2.05, 4.69) is 10.0 Å². The number of ether oxygens (including phenoxy) is 2. The molecule has 0 saturated carbocycles. The van der Waals surface area contributed by atoms with Crippen LogP contribution in [0.2, 0.25) is 0 Å². The molecule has 1 aliphatic rings. The van der Waals surface area contributed by atoms with Crippen molar-refractivity contribution >= 4 is 15.9 Å². The highest BCUT2D eigenvalue weighted by Gasteiger charge is 2.20. The molecule has 0 aliphatic carbocycles. The van der Waals surface area contributed by atoms with Gasteiger partial charge in [0.1, 0.15) is 13.2 Å². The fourth-order valence-corrected chi connectivity index (χ4v) is 3.40. The quantitative estimate of drug-likeness (QED) is 0.794. The lowest BCUT2D eigenvalue weighted by molar-refractivity contribution is -0.120. The van der Waals surface area contributed by atoms with Gasteiger partial charge in [-0.1, -0.05) is 29.8 Å². The van der Waals surface area contributed by atoms with Gasteiger partial charge in [-0.2, -0.15) is 0 Å². The van der Waals surface area contributed by atoms with Gasteiger partial charge in [0.15, 0.2) is 11.5 Å². The summed E-state index contributed by atoms with van der Waals surface area (Å²) in [5.41, 5.74) is 2.07. The zero-order chi connectivity index (χ0) is 18.6. The van der Waals surface area contributed by atoms with Crippen LogP contribution < -0.4 is 19.5 Å². The number of benzene rings is 2. The van der Waals surface area contributed by atoms with Crippen molar-refractivity contribution < 1.29 is 22.7 Å². The van der Waals surface area contributed by atoms with E-state index in [1.165, 1.54) is 12.1 Å². The molecule has 26 heavy (non-hydrogen) atoms. The van der Waals surface area contributed by atoms with Crippen LogP contribution in [0, 0.1) is 6.92 Å². The first kappa shape index (κ1) is 18.2. The molecule has 8 heteroatoms. The molecule has 138 valence electrons. The van der Waals surface area contributed by atoms with Crippen molar-refractivity contribution in [1.29, 1.82) is 0 Å². The normalized spacial score (nSPS) is 13.3. The van der Waals surface area contributed by atoms with Crippen LogP contribution in [0.4, 0.5) is 0 Å². The van der Waals surface area contributed by atoms with Crippen molar-refractivity contribution in [3.8, 4) is 11.5 Å². The third-order valence-electron chi connectivity index (χ3n) is 3.86. The Morgan fingerprint density at radius 1 is 1.04 bits per heavy atom. The van der Waals surface area contributed by atoms with Gasteiger partial charge in [-0.05, 0) is 24.6 Å². The third kappa shape index (κ3) is 4.53. The first-order valence-electron chi connectivity index (χ1n) is 8.15. The summed E-state index contributed by atoms with van der Waals surface area (Å²) >= 11 is 0. The largest absolute Gasteiger partial charge is 0.486 e. The van der Waals surface area contributed by atoms with Gasteiger partial charge in [0.25, 0.3) is 0 Å². The van der Waals surface area contributed by atoms with Gasteiger partial charge in [0.2, 0.25) is 15.9 Å². The molecule has 0 unspecified atom stereocenters. The highest BCUT2D eigenvalue weighted by molar-refractivity contribution is 7.89. The van der Waals surface area contributed by atoms with Crippen LogP contribution in [-0.4, -0.2) is 34.1 Å². The van der Waals surface area contributed by atoms with E-state index in [4.69, 9.17) is 9.47 Å². The van der Waals surface area contributed by atoms with E-state index in [0.29, 0.717) is 31.3 Å². The van der Waals surface area contributed by atoms with Gasteiger partial charge in [0, 0.05) is 12.6 Å². The summed E-state index contributed by atoms with van der Waals surface area (Å²) < 4.78 is 37.7. The van der Waals surface area contributed by atoms with Crippen molar-refractivity contribution in [2.75, 3.05) is 19.8 Å². The van der Waals surface area contributed by atoms with Gasteiger partial charge in [0.05, 0.1) is 11.4 Å². The van der Waals surface area contributed by atoms with Crippen LogP contribution >= 0.6 is 0 Å². The van der Waals surface area contributed by atoms with Crippen LogP contribution in [0.15, 0.2) is 47.4 Å². The number of rotatable bonds is 6. The molecule has 2 aromatic rings. The number of amides is 1. The van der Waals surface area contributed by atoms with E-state index in [-0.39, 0.29) is 11.4 Å². The summed E-state index contributed by atoms with van der Waals surface area (Å²) in [6, 6.07) is 12.1. The number of sulfonamides is 1. The maximum absolute atomic E-state index is 12.3. The minimum absolute atomic E-state index is 0.0214. The van der Waals surface area contributed by atoms with Crippen LogP contribution in [0.25, 0.3) is 0 Å². The molecule has 0 aromatic heterocycles. The minimum Gasteiger partial charge on any atom is -0.486 e. The Hall–Kier alpha value is -2.58. The molecule has 2 N–H and O–H groups in total. The summed E-state index contributed by atoms with van der Waals surface area (Å²) in [5, 5.41) is 2.68. The number of hydrogen-bond acceptors (Lipinski definition) is 5. The molecule has 0 atom stereocenters. The van der Waals surface area contributed by atoms with Crippen molar-refractivity contribution in [2.45, 2.75) is 18.4 Å². The van der Waals surface area contributed by atoms with Gasteiger partial charge >= 0.3 is 0 Å². The Bertz CT molecular complexity index is 894. The molecule has 0 bridgehead atoms. The molecular weight excluding hydrogens is 356 g/mol. The molecule has 0 saturated heterocycles. The number of fused-ring (bicyclic) bond motifs is 1. The molecule has 0 spiro atoms. The van der Waals surface area contributed by atoms with E-state index < -0.39 is 15.9 Å². The smallest absolute Gasteiger partial charge is 0.241 e. The topological polar surface area (TPSA) is 93.7 Å². The Kier molecular flexibility index (Phi) is 5.43. The molecule has 1 aliphatic heterocycles. The molecular formula is C18H20N2O5S. The standard InChI is InChI=1S/C18H20N2O5S/c1-13-2-4-14(5-3-13)11-19-18(21)12-20-26(22,23)15-6-7-16-17(10-15)25-9-8-24-16/h2-7,10,20H,8-9,11-12H2,1H3,(H,19,21). The number of nitrogens with one attached hydrogen (secondary N) is 2. The second kappa shape index (κ2) is 7.76. The Labute approximate surface area is 152 Å². The monoisotopic (exact) mass is 376 g/mol. The van der Waals surface area contributed by atoms with Crippen molar-refractivity contribution in [1.82, 2.24) is 10.0 Å². The summed E-state index contributed by atoms with van der Waals surface area (Å²) in [4.78, 5) is 11.9. The number of carbonyl (C=O) groups excluding carboxylic acids is 1. The lowest BCUT2D eigenvalue weighted by atomic mass is 10.1. The lowest BCUT2D eigenvalue weighted by Gasteiger charge is -2.18. The molecule has 3 rings (SSSR count). The lowest BCUT2D eigenvalue weighted by Crippen LogP contribution is -2.36. The highest BCUT2D eigenvalue weighted by Crippen LogP contribution is 2.32. The number of aryl methyl sites for hydroxylation is 1. The molecule has 7 nitrogen and oxygen atoms in total. The van der Waals surface area contributed by atoms with E-state index in [0.717, 1.165) is 11.1 Å². The Morgan fingerprint density at radius 2 is 1.73 bits per heavy atom. The van der Waals surface area contributed by atoms with Crippen LogP contribution in [0.5, 0.6) is 11.5 Å². The third-order valence-corrected chi connectivity index (χ3v) is 5.26. The zero-order valence-corrected chi connectivity index (χ0v) is 15.1. The minimum atomic E-state index is -3.82. The predicted octanol–water partition coefficient (Wildman–Crippen LogP) is 1.36.